The molecule has 4 nitrogen and oxygen atoms in total. The first kappa shape index (κ1) is 9.32. The van der Waals surface area contributed by atoms with Gasteiger partial charge in [0.05, 0.1) is 19.7 Å². The molecule has 0 aliphatic heterocycles. The molecule has 0 rings (SSSR count). The molecule has 0 saturated carbocycles. The molecule has 0 aliphatic rings. The Hall–Kier alpha value is -1.68. The molecule has 0 saturated heterocycles. The van der Waals surface area contributed by atoms with Gasteiger partial charge >= 0.3 is 6.09 Å². The number of rotatable bonds is 2. The molecule has 0 unspecified atom stereocenters. The summed E-state index contributed by atoms with van der Waals surface area (Å²) < 4.78 is 4.36. The molecule has 1 amide bonds. The van der Waals surface area contributed by atoms with Gasteiger partial charge in [-0.3, -0.25) is 4.90 Å². The summed E-state index contributed by atoms with van der Waals surface area (Å²) in [5.41, 5.74) is 0. The van der Waals surface area contributed by atoms with Crippen molar-refractivity contribution in [2.75, 3.05) is 20.2 Å². The van der Waals surface area contributed by atoms with E-state index in [9.17, 15) is 4.79 Å². The normalized spacial score (nSPS) is 7.55. The van der Waals surface area contributed by atoms with Gasteiger partial charge in [0.15, 0.2) is 0 Å². The highest BCUT2D eigenvalue weighted by Gasteiger charge is 2.10. The topological polar surface area (TPSA) is 53.3 Å². The molecule has 4 heteroatoms. The van der Waals surface area contributed by atoms with E-state index in [4.69, 9.17) is 11.7 Å². The minimum absolute atomic E-state index is 0.0448. The highest BCUT2D eigenvalue weighted by atomic mass is 16.5. The van der Waals surface area contributed by atoms with Crippen LogP contribution in [0.1, 0.15) is 0 Å². The minimum Gasteiger partial charge on any atom is -0.453 e. The Kier molecular flexibility index (Phi) is 4.35. The second-order valence-corrected chi connectivity index (χ2v) is 1.69. The summed E-state index contributed by atoms with van der Waals surface area (Å²) in [4.78, 5) is 11.9. The number of hydrogen-bond donors (Lipinski definition) is 0. The molecular weight excluding hydrogens is 144 g/mol. The van der Waals surface area contributed by atoms with Gasteiger partial charge in [-0.25, -0.2) is 4.79 Å². The van der Waals surface area contributed by atoms with Crippen molar-refractivity contribution in [1.82, 2.24) is 4.90 Å². The van der Waals surface area contributed by atoms with Gasteiger partial charge in [0, 0.05) is 0 Å². The molecule has 0 radical (unpaired) electrons. The number of nitrogens with zero attached hydrogens (tertiary/aromatic N) is 2. The van der Waals surface area contributed by atoms with E-state index in [1.807, 2.05) is 0 Å². The van der Waals surface area contributed by atoms with Crippen LogP contribution in [0.25, 0.3) is 0 Å². The monoisotopic (exact) mass is 152 g/mol. The fourth-order valence-electron chi connectivity index (χ4n) is 0.510. The van der Waals surface area contributed by atoms with E-state index in [-0.39, 0.29) is 13.1 Å². The zero-order valence-electron chi connectivity index (χ0n) is 6.20. The lowest BCUT2D eigenvalue weighted by Crippen LogP contribution is -2.31. The minimum atomic E-state index is -0.579. The van der Waals surface area contributed by atoms with Gasteiger partial charge in [-0.2, -0.15) is 5.26 Å². The predicted molar refractivity (Wildman–Crippen MR) is 38.4 cm³/mol. The van der Waals surface area contributed by atoms with E-state index >= 15 is 0 Å². The Balaban J connectivity index is 4.02. The number of ether oxygens (including phenoxy) is 1. The van der Waals surface area contributed by atoms with Gasteiger partial charge in [0.2, 0.25) is 0 Å². The fraction of sp³-hybridized carbons (Fsp3) is 0.429. The third-order valence-corrected chi connectivity index (χ3v) is 0.977. The molecular formula is C7H8N2O2. The molecule has 0 heterocycles. The molecule has 0 bridgehead atoms. The summed E-state index contributed by atoms with van der Waals surface area (Å²) in [6.45, 7) is 0.0527. The third-order valence-electron chi connectivity index (χ3n) is 0.977. The highest BCUT2D eigenvalue weighted by molar-refractivity contribution is 5.68. The molecule has 11 heavy (non-hydrogen) atoms. The van der Waals surface area contributed by atoms with E-state index in [0.717, 1.165) is 4.90 Å². The van der Waals surface area contributed by atoms with Crippen LogP contribution in [0.3, 0.4) is 0 Å². The maximum atomic E-state index is 10.7. The van der Waals surface area contributed by atoms with E-state index in [1.165, 1.54) is 7.11 Å². The fourth-order valence-corrected chi connectivity index (χ4v) is 0.510. The third kappa shape index (κ3) is 3.12. The van der Waals surface area contributed by atoms with E-state index in [0.29, 0.717) is 0 Å². The van der Waals surface area contributed by atoms with Crippen LogP contribution >= 0.6 is 0 Å². The smallest absolute Gasteiger partial charge is 0.411 e. The summed E-state index contributed by atoms with van der Waals surface area (Å²) in [7, 11) is 1.24. The van der Waals surface area contributed by atoms with Crippen LogP contribution in [0, 0.1) is 23.7 Å². The quantitative estimate of drug-likeness (QED) is 0.420. The van der Waals surface area contributed by atoms with Crippen molar-refractivity contribution < 1.29 is 9.53 Å². The molecule has 0 aromatic heterocycles. The number of amides is 1. The van der Waals surface area contributed by atoms with Crippen LogP contribution < -0.4 is 0 Å². The van der Waals surface area contributed by atoms with Crippen molar-refractivity contribution in [3.63, 3.8) is 0 Å². The number of carbonyl (C=O) groups is 1. The van der Waals surface area contributed by atoms with Crippen molar-refractivity contribution in [2.24, 2.45) is 0 Å². The van der Waals surface area contributed by atoms with Crippen LogP contribution in [0.5, 0.6) is 0 Å². The van der Waals surface area contributed by atoms with Gasteiger partial charge in [-0.15, -0.1) is 6.42 Å². The van der Waals surface area contributed by atoms with Crippen molar-refractivity contribution in [2.45, 2.75) is 0 Å². The zero-order chi connectivity index (χ0) is 8.69. The molecule has 0 aromatic carbocycles. The average Bonchev–Trinajstić information content (AvgIpc) is 2.03. The highest BCUT2D eigenvalue weighted by Crippen LogP contribution is 1.89. The molecule has 0 aromatic rings. The predicted octanol–water partition coefficient (Wildman–Crippen LogP) is 0.212. The number of hydrogen-bond acceptors (Lipinski definition) is 3. The Morgan fingerprint density at radius 3 is 2.73 bits per heavy atom. The second kappa shape index (κ2) is 5.13. The van der Waals surface area contributed by atoms with Crippen LogP contribution in [0.4, 0.5) is 4.79 Å². The van der Waals surface area contributed by atoms with Crippen LogP contribution in [0.2, 0.25) is 0 Å². The molecule has 58 valence electrons. The molecule has 0 spiro atoms. The number of nitriles is 1. The van der Waals surface area contributed by atoms with Crippen molar-refractivity contribution in [3.05, 3.63) is 0 Å². The SMILES string of the molecule is C#CCN(CC#N)C(=O)OC. The van der Waals surface area contributed by atoms with Crippen LogP contribution in [0.15, 0.2) is 0 Å². The first-order chi connectivity index (χ1) is 5.26. The van der Waals surface area contributed by atoms with Gasteiger partial charge in [-0.05, 0) is 0 Å². The van der Waals surface area contributed by atoms with Crippen molar-refractivity contribution in [1.29, 1.82) is 5.26 Å². The van der Waals surface area contributed by atoms with Gasteiger partial charge in [0.25, 0.3) is 0 Å². The lowest BCUT2D eigenvalue weighted by Gasteiger charge is -2.13. The summed E-state index contributed by atoms with van der Waals surface area (Å²) in [6.07, 6.45) is 4.36. The lowest BCUT2D eigenvalue weighted by atomic mass is 10.5. The molecule has 0 N–H and O–H groups in total. The Labute approximate surface area is 65.4 Å². The Morgan fingerprint density at radius 1 is 1.73 bits per heavy atom. The number of methoxy groups -OCH3 is 1. The maximum Gasteiger partial charge on any atom is 0.411 e. The van der Waals surface area contributed by atoms with Gasteiger partial charge in [0.1, 0.15) is 6.54 Å². The Morgan fingerprint density at radius 2 is 2.36 bits per heavy atom. The van der Waals surface area contributed by atoms with E-state index in [2.05, 4.69) is 10.7 Å². The average molecular weight is 152 g/mol. The van der Waals surface area contributed by atoms with E-state index in [1.54, 1.807) is 6.07 Å². The zero-order valence-corrected chi connectivity index (χ0v) is 6.20. The maximum absolute atomic E-state index is 10.7. The Bertz CT molecular complexity index is 195. The first-order valence-corrected chi connectivity index (χ1v) is 2.89. The van der Waals surface area contributed by atoms with E-state index < -0.39 is 6.09 Å². The van der Waals surface area contributed by atoms with Gasteiger partial charge < -0.3 is 4.74 Å². The lowest BCUT2D eigenvalue weighted by molar-refractivity contribution is 0.133. The summed E-state index contributed by atoms with van der Waals surface area (Å²) in [5.74, 6) is 2.24. The molecule has 0 aliphatic carbocycles. The van der Waals surface area contributed by atoms with Crippen molar-refractivity contribution in [3.8, 4) is 18.4 Å². The molecule has 0 fully saturated rings. The second-order valence-electron chi connectivity index (χ2n) is 1.69. The standard InChI is InChI=1S/C7H8N2O2/c1-3-5-9(6-4-8)7(10)11-2/h1H,5-6H2,2H3. The number of carbonyl (C=O) groups excluding carboxylic acids is 1. The number of terminal acetylenes is 1. The van der Waals surface area contributed by atoms with Gasteiger partial charge in [-0.1, -0.05) is 5.92 Å². The van der Waals surface area contributed by atoms with Crippen LogP contribution in [-0.2, 0) is 4.74 Å². The summed E-state index contributed by atoms with van der Waals surface area (Å²) in [6, 6.07) is 1.80. The van der Waals surface area contributed by atoms with Crippen molar-refractivity contribution >= 4 is 6.09 Å². The summed E-state index contributed by atoms with van der Waals surface area (Å²) >= 11 is 0. The first-order valence-electron chi connectivity index (χ1n) is 2.89. The molecule has 0 atom stereocenters. The largest absolute Gasteiger partial charge is 0.453 e. The van der Waals surface area contributed by atoms with Crippen LogP contribution in [-0.4, -0.2) is 31.2 Å². The summed E-state index contributed by atoms with van der Waals surface area (Å²) in [5, 5.41) is 8.24.